The molecular formula is C26H28N4O3S. The highest BCUT2D eigenvalue weighted by Gasteiger charge is 2.21. The van der Waals surface area contributed by atoms with E-state index in [1.54, 1.807) is 24.6 Å². The molecular weight excluding hydrogens is 448 g/mol. The highest BCUT2D eigenvalue weighted by atomic mass is 32.1. The second-order valence-corrected chi connectivity index (χ2v) is 9.31. The van der Waals surface area contributed by atoms with Crippen molar-refractivity contribution in [1.29, 1.82) is 0 Å². The van der Waals surface area contributed by atoms with E-state index in [9.17, 15) is 4.79 Å². The summed E-state index contributed by atoms with van der Waals surface area (Å²) < 4.78 is 12.6. The van der Waals surface area contributed by atoms with Crippen LogP contribution < -0.4 is 15.0 Å². The van der Waals surface area contributed by atoms with Gasteiger partial charge in [-0.15, -0.1) is 11.3 Å². The number of carbonyl (C=O) groups is 1. The molecule has 0 atom stereocenters. The molecule has 1 N–H and O–H groups in total. The number of carbonyl (C=O) groups excluding carboxylic acids is 1. The Balaban J connectivity index is 1.23. The third-order valence-corrected chi connectivity index (χ3v) is 7.12. The number of aryl methyl sites for hydroxylation is 1. The maximum absolute atomic E-state index is 12.9. The van der Waals surface area contributed by atoms with Gasteiger partial charge in [-0.1, -0.05) is 12.1 Å². The molecule has 2 aromatic carbocycles. The first kappa shape index (κ1) is 22.3. The van der Waals surface area contributed by atoms with Crippen LogP contribution in [0, 0.1) is 6.92 Å². The van der Waals surface area contributed by atoms with Crippen molar-refractivity contribution in [1.82, 2.24) is 15.2 Å². The van der Waals surface area contributed by atoms with E-state index >= 15 is 0 Å². The number of aromatic nitrogens is 1. The molecule has 3 heterocycles. The molecule has 1 aliphatic rings. The zero-order valence-corrected chi connectivity index (χ0v) is 20.2. The fourth-order valence-corrected chi connectivity index (χ4v) is 5.27. The van der Waals surface area contributed by atoms with Crippen molar-refractivity contribution in [3.05, 3.63) is 65.5 Å². The van der Waals surface area contributed by atoms with Gasteiger partial charge in [-0.25, -0.2) is 9.78 Å². The molecule has 34 heavy (non-hydrogen) atoms. The molecule has 4 aromatic rings. The summed E-state index contributed by atoms with van der Waals surface area (Å²) in [4.78, 5) is 21.3. The first-order valence-corrected chi connectivity index (χ1v) is 12.3. The van der Waals surface area contributed by atoms with Crippen molar-refractivity contribution >= 4 is 33.1 Å². The van der Waals surface area contributed by atoms with Crippen LogP contribution in [0.2, 0.25) is 0 Å². The van der Waals surface area contributed by atoms with Crippen molar-refractivity contribution in [3.8, 4) is 17.1 Å². The largest absolute Gasteiger partial charge is 0.496 e. The van der Waals surface area contributed by atoms with E-state index in [4.69, 9.17) is 9.15 Å². The lowest BCUT2D eigenvalue weighted by atomic mass is 10.1. The lowest BCUT2D eigenvalue weighted by molar-refractivity contribution is 0.201. The summed E-state index contributed by atoms with van der Waals surface area (Å²) in [6.07, 6.45) is 2.62. The van der Waals surface area contributed by atoms with Crippen LogP contribution in [-0.2, 0) is 6.54 Å². The number of urea groups is 1. The van der Waals surface area contributed by atoms with Crippen LogP contribution in [0.5, 0.6) is 5.75 Å². The number of methoxy groups -OCH3 is 1. The minimum atomic E-state index is -0.0114. The van der Waals surface area contributed by atoms with Crippen LogP contribution in [0.1, 0.15) is 17.9 Å². The third-order valence-electron chi connectivity index (χ3n) is 6.24. The van der Waals surface area contributed by atoms with Crippen molar-refractivity contribution in [2.24, 2.45) is 0 Å². The molecule has 1 fully saturated rings. The SMILES string of the molecule is COc1cc(N2CCCN(C(=O)NCc3cccc4sccc34)CC2)ccc1-c1cnc(C)o1. The summed E-state index contributed by atoms with van der Waals surface area (Å²) in [6, 6.07) is 14.5. The quantitative estimate of drug-likeness (QED) is 0.424. The first-order chi connectivity index (χ1) is 16.6. The van der Waals surface area contributed by atoms with Crippen LogP contribution >= 0.6 is 11.3 Å². The van der Waals surface area contributed by atoms with E-state index < -0.39 is 0 Å². The Morgan fingerprint density at radius 3 is 2.91 bits per heavy atom. The lowest BCUT2D eigenvalue weighted by Gasteiger charge is -2.24. The Morgan fingerprint density at radius 1 is 1.18 bits per heavy atom. The van der Waals surface area contributed by atoms with E-state index in [0.717, 1.165) is 48.6 Å². The molecule has 1 aliphatic heterocycles. The summed E-state index contributed by atoms with van der Waals surface area (Å²) >= 11 is 1.72. The zero-order valence-electron chi connectivity index (χ0n) is 19.4. The number of anilines is 1. The van der Waals surface area contributed by atoms with Gasteiger partial charge in [0.25, 0.3) is 0 Å². The number of nitrogens with one attached hydrogen (secondary N) is 1. The first-order valence-electron chi connectivity index (χ1n) is 11.5. The van der Waals surface area contributed by atoms with Gasteiger partial charge in [-0.05, 0) is 47.0 Å². The predicted octanol–water partition coefficient (Wildman–Crippen LogP) is 5.30. The second kappa shape index (κ2) is 9.77. The van der Waals surface area contributed by atoms with Gasteiger partial charge in [0, 0.05) is 56.1 Å². The van der Waals surface area contributed by atoms with Gasteiger partial charge in [-0.2, -0.15) is 0 Å². The standard InChI is InChI=1S/C26H28N4O3S/c1-18-27-17-24(33-18)22-8-7-20(15-23(22)32-2)29-10-4-11-30(13-12-29)26(31)28-16-19-5-3-6-25-21(19)9-14-34-25/h3,5-9,14-15,17H,4,10-13,16H2,1-2H3,(H,28,31). The average molecular weight is 477 g/mol. The average Bonchev–Trinajstić information content (AvgIpc) is 3.44. The fraction of sp³-hybridized carbons (Fsp3) is 0.308. The summed E-state index contributed by atoms with van der Waals surface area (Å²) in [6.45, 7) is 5.40. The van der Waals surface area contributed by atoms with E-state index in [2.05, 4.69) is 44.8 Å². The summed E-state index contributed by atoms with van der Waals surface area (Å²) in [7, 11) is 1.66. The van der Waals surface area contributed by atoms with E-state index in [-0.39, 0.29) is 6.03 Å². The Hall–Kier alpha value is -3.52. The normalized spacial score (nSPS) is 14.3. The maximum atomic E-state index is 12.9. The van der Waals surface area contributed by atoms with Gasteiger partial charge in [0.15, 0.2) is 11.7 Å². The van der Waals surface area contributed by atoms with Crippen LogP contribution in [0.25, 0.3) is 21.4 Å². The number of nitrogens with zero attached hydrogens (tertiary/aromatic N) is 3. The molecule has 176 valence electrons. The van der Waals surface area contributed by atoms with Crippen LogP contribution in [-0.4, -0.2) is 49.2 Å². The number of hydrogen-bond donors (Lipinski definition) is 1. The Morgan fingerprint density at radius 2 is 2.09 bits per heavy atom. The second-order valence-electron chi connectivity index (χ2n) is 8.36. The van der Waals surface area contributed by atoms with Crippen LogP contribution in [0.3, 0.4) is 0 Å². The molecule has 0 saturated carbocycles. The highest BCUT2D eigenvalue weighted by Crippen LogP contribution is 2.34. The molecule has 0 unspecified atom stereocenters. The molecule has 8 heteroatoms. The van der Waals surface area contributed by atoms with Gasteiger partial charge >= 0.3 is 6.03 Å². The third kappa shape index (κ3) is 4.59. The molecule has 0 bridgehead atoms. The number of thiophene rings is 1. The maximum Gasteiger partial charge on any atom is 0.317 e. The number of rotatable bonds is 5. The molecule has 5 rings (SSSR count). The summed E-state index contributed by atoms with van der Waals surface area (Å²) in [5.74, 6) is 2.06. The number of hydrogen-bond acceptors (Lipinski definition) is 6. The molecule has 7 nitrogen and oxygen atoms in total. The zero-order chi connectivity index (χ0) is 23.5. The van der Waals surface area contributed by atoms with Gasteiger partial charge in [0.1, 0.15) is 5.75 Å². The van der Waals surface area contributed by atoms with Crippen molar-refractivity contribution < 1.29 is 13.9 Å². The van der Waals surface area contributed by atoms with Crippen LogP contribution in [0.4, 0.5) is 10.5 Å². The number of oxazole rings is 1. The molecule has 2 amide bonds. The molecule has 1 saturated heterocycles. The smallest absolute Gasteiger partial charge is 0.317 e. The summed E-state index contributed by atoms with van der Waals surface area (Å²) in [5.41, 5.74) is 3.10. The van der Waals surface area contributed by atoms with Crippen molar-refractivity contribution in [2.75, 3.05) is 38.2 Å². The van der Waals surface area contributed by atoms with Gasteiger partial charge < -0.3 is 24.3 Å². The van der Waals surface area contributed by atoms with Gasteiger partial charge in [0.2, 0.25) is 0 Å². The number of amides is 2. The Bertz CT molecular complexity index is 1300. The predicted molar refractivity (Wildman–Crippen MR) is 136 cm³/mol. The summed E-state index contributed by atoms with van der Waals surface area (Å²) in [5, 5.41) is 6.42. The topological polar surface area (TPSA) is 70.8 Å². The molecule has 0 spiro atoms. The van der Waals surface area contributed by atoms with Gasteiger partial charge in [0.05, 0.1) is 18.9 Å². The van der Waals surface area contributed by atoms with Crippen LogP contribution in [0.15, 0.2) is 58.5 Å². The number of ether oxygens (including phenoxy) is 1. The minimum absolute atomic E-state index is 0.0114. The minimum Gasteiger partial charge on any atom is -0.496 e. The number of benzene rings is 2. The van der Waals surface area contributed by atoms with E-state index in [1.165, 1.54) is 10.1 Å². The molecule has 2 aromatic heterocycles. The van der Waals surface area contributed by atoms with Crippen molar-refractivity contribution in [3.63, 3.8) is 0 Å². The monoisotopic (exact) mass is 476 g/mol. The van der Waals surface area contributed by atoms with Crippen molar-refractivity contribution in [2.45, 2.75) is 19.9 Å². The molecule has 0 aliphatic carbocycles. The van der Waals surface area contributed by atoms with Gasteiger partial charge in [-0.3, -0.25) is 0 Å². The number of fused-ring (bicyclic) bond motifs is 1. The van der Waals surface area contributed by atoms with E-state index in [1.807, 2.05) is 30.0 Å². The lowest BCUT2D eigenvalue weighted by Crippen LogP contribution is -2.41. The molecule has 0 radical (unpaired) electrons. The van der Waals surface area contributed by atoms with E-state index in [0.29, 0.717) is 24.7 Å². The Labute approximate surface area is 203 Å². The Kier molecular flexibility index (Phi) is 6.40. The fourth-order valence-electron chi connectivity index (χ4n) is 4.44. The highest BCUT2D eigenvalue weighted by molar-refractivity contribution is 7.17.